The maximum atomic E-state index is 13.3. The number of hydrogen-bond acceptors (Lipinski definition) is 8. The van der Waals surface area contributed by atoms with Gasteiger partial charge in [0.05, 0.1) is 64.2 Å². The number of ether oxygens (including phenoxy) is 4. The van der Waals surface area contributed by atoms with Gasteiger partial charge in [-0.3, -0.25) is 9.59 Å². The van der Waals surface area contributed by atoms with Crippen LogP contribution in [0.15, 0.2) is 58.8 Å². The van der Waals surface area contributed by atoms with Crippen molar-refractivity contribution in [3.63, 3.8) is 0 Å². The summed E-state index contributed by atoms with van der Waals surface area (Å²) < 4.78 is 22.8. The fourth-order valence-corrected chi connectivity index (χ4v) is 3.86. The first kappa shape index (κ1) is 29.0. The molecule has 0 aromatic heterocycles. The standard InChI is InChI=1S/C26H32N4O6.Li/c31-25-21-3-1-5-23(19-21)27-28-24-6-2-4-22(20-24)26(32)30-9-13-35-17-15-33-11-7-29(25)8-12-34-16-18-36-14-10-30;/h1-6,19-20H,7-18H2;/q;+1. The Kier molecular flexibility index (Phi) is 12.2. The minimum absolute atomic E-state index is 0. The normalized spacial score (nSPS) is 18.9. The number of hydrogen-bond donors (Lipinski definition) is 0. The van der Waals surface area contributed by atoms with Crippen LogP contribution in [0, 0.1) is 0 Å². The van der Waals surface area contributed by atoms with Crippen LogP contribution in [-0.2, 0) is 18.9 Å². The zero-order valence-corrected chi connectivity index (χ0v) is 21.3. The van der Waals surface area contributed by atoms with Crippen molar-refractivity contribution in [2.24, 2.45) is 10.2 Å². The number of azo groups is 1. The SMILES string of the molecule is O=C1c2cccc(c2)N=Nc2cccc(c2)C(=O)N2CCOCCOCCN1CCOCCOCC2.[Li+]. The van der Waals surface area contributed by atoms with E-state index in [-0.39, 0.29) is 30.7 Å². The molecule has 2 amide bonds. The summed E-state index contributed by atoms with van der Waals surface area (Å²) in [7, 11) is 0. The molecular weight excluding hydrogens is 471 g/mol. The predicted octanol–water partition coefficient (Wildman–Crippen LogP) is 0.0840. The smallest absolute Gasteiger partial charge is 0.377 e. The van der Waals surface area contributed by atoms with Crippen LogP contribution in [0.4, 0.5) is 11.4 Å². The minimum Gasteiger partial charge on any atom is -0.377 e. The number of carbonyl (C=O) groups excluding carboxylic acids is 2. The molecule has 10 nitrogen and oxygen atoms in total. The monoisotopic (exact) mass is 503 g/mol. The molecule has 2 aromatic rings. The van der Waals surface area contributed by atoms with Gasteiger partial charge in [0.1, 0.15) is 0 Å². The molecule has 37 heavy (non-hydrogen) atoms. The van der Waals surface area contributed by atoms with E-state index < -0.39 is 0 Å². The van der Waals surface area contributed by atoms with Gasteiger partial charge in [-0.15, -0.1) is 0 Å². The second kappa shape index (κ2) is 15.6. The van der Waals surface area contributed by atoms with Crippen molar-refractivity contribution in [3.8, 4) is 0 Å². The van der Waals surface area contributed by atoms with E-state index in [0.29, 0.717) is 102 Å². The first-order valence-electron chi connectivity index (χ1n) is 12.2. The summed E-state index contributed by atoms with van der Waals surface area (Å²) in [6.07, 6.45) is 0. The molecule has 3 aliphatic heterocycles. The van der Waals surface area contributed by atoms with Gasteiger partial charge in [0.15, 0.2) is 0 Å². The van der Waals surface area contributed by atoms with Gasteiger partial charge in [-0.25, -0.2) is 0 Å². The summed E-state index contributed by atoms with van der Waals surface area (Å²) in [6, 6.07) is 14.0. The number of nitrogens with zero attached hydrogens (tertiary/aromatic N) is 4. The summed E-state index contributed by atoms with van der Waals surface area (Å²) in [5.41, 5.74) is 2.09. The second-order valence-electron chi connectivity index (χ2n) is 8.33. The van der Waals surface area contributed by atoms with Crippen molar-refractivity contribution in [2.45, 2.75) is 0 Å². The Bertz CT molecular complexity index is 952. The second-order valence-corrected chi connectivity index (χ2v) is 8.33. The third kappa shape index (κ3) is 9.04. The Balaban J connectivity index is 0.00000380. The maximum absolute atomic E-state index is 13.3. The van der Waals surface area contributed by atoms with Crippen molar-refractivity contribution in [2.75, 3.05) is 79.0 Å². The molecule has 6 bridgehead atoms. The minimum atomic E-state index is -0.136. The van der Waals surface area contributed by atoms with Gasteiger partial charge in [0.2, 0.25) is 0 Å². The van der Waals surface area contributed by atoms with E-state index in [9.17, 15) is 9.59 Å². The van der Waals surface area contributed by atoms with E-state index >= 15 is 0 Å². The van der Waals surface area contributed by atoms with Crippen molar-refractivity contribution >= 4 is 23.2 Å². The first-order valence-corrected chi connectivity index (χ1v) is 12.2. The van der Waals surface area contributed by atoms with Gasteiger partial charge >= 0.3 is 18.9 Å². The molecule has 0 spiro atoms. The molecule has 1 saturated heterocycles. The van der Waals surface area contributed by atoms with E-state index in [1.54, 1.807) is 58.3 Å². The van der Waals surface area contributed by atoms with Crippen LogP contribution in [-0.4, -0.2) is 101 Å². The molecule has 1 fully saturated rings. The van der Waals surface area contributed by atoms with Crippen LogP contribution in [0.1, 0.15) is 20.7 Å². The molecular formula is C26H32LiN4O6+. The molecule has 0 saturated carbocycles. The summed E-state index contributed by atoms with van der Waals surface area (Å²) in [5.74, 6) is -0.272. The molecule has 3 aliphatic rings. The Labute approximate surface area is 229 Å². The van der Waals surface area contributed by atoms with Crippen LogP contribution >= 0.6 is 0 Å². The van der Waals surface area contributed by atoms with Crippen molar-refractivity contribution < 1.29 is 47.4 Å². The summed E-state index contributed by atoms with van der Waals surface area (Å²) in [4.78, 5) is 30.0. The predicted molar refractivity (Wildman–Crippen MR) is 132 cm³/mol. The molecule has 0 aliphatic carbocycles. The van der Waals surface area contributed by atoms with Crippen LogP contribution in [0.5, 0.6) is 0 Å². The van der Waals surface area contributed by atoms with E-state index in [4.69, 9.17) is 18.9 Å². The van der Waals surface area contributed by atoms with Gasteiger partial charge in [-0.2, -0.15) is 10.2 Å². The zero-order valence-electron chi connectivity index (χ0n) is 21.3. The average molecular weight is 504 g/mol. The molecule has 0 radical (unpaired) electrons. The van der Waals surface area contributed by atoms with E-state index in [2.05, 4.69) is 10.2 Å². The van der Waals surface area contributed by atoms with Crippen LogP contribution in [0.3, 0.4) is 0 Å². The number of amides is 2. The van der Waals surface area contributed by atoms with Crippen LogP contribution in [0.25, 0.3) is 0 Å². The molecule has 0 unspecified atom stereocenters. The van der Waals surface area contributed by atoms with Crippen molar-refractivity contribution in [3.05, 3.63) is 59.7 Å². The molecule has 3 heterocycles. The zero-order chi connectivity index (χ0) is 25.0. The summed E-state index contributed by atoms with van der Waals surface area (Å²) in [6.45, 7) is 4.74. The average Bonchev–Trinajstić information content (AvgIpc) is 2.91. The number of rotatable bonds is 0. The fraction of sp³-hybridized carbons (Fsp3) is 0.462. The first-order chi connectivity index (χ1) is 17.7. The van der Waals surface area contributed by atoms with Gasteiger partial charge in [-0.05, 0) is 36.4 Å². The molecule has 192 valence electrons. The molecule has 5 rings (SSSR count). The Morgan fingerprint density at radius 1 is 0.541 bits per heavy atom. The maximum Gasteiger partial charge on any atom is 1.00 e. The van der Waals surface area contributed by atoms with Crippen molar-refractivity contribution in [1.29, 1.82) is 0 Å². The van der Waals surface area contributed by atoms with E-state index in [0.717, 1.165) is 0 Å². The van der Waals surface area contributed by atoms with Crippen LogP contribution < -0.4 is 18.9 Å². The molecule has 0 atom stereocenters. The topological polar surface area (TPSA) is 102 Å². The molecule has 0 N–H and O–H groups in total. The third-order valence-electron chi connectivity index (χ3n) is 5.81. The molecule has 2 aromatic carbocycles. The number of fused-ring (bicyclic) bond motifs is 14. The largest absolute Gasteiger partial charge is 1.00 e. The van der Waals surface area contributed by atoms with Crippen molar-refractivity contribution in [1.82, 2.24) is 9.80 Å². The van der Waals surface area contributed by atoms with Crippen LogP contribution in [0.2, 0.25) is 0 Å². The van der Waals surface area contributed by atoms with E-state index in [1.165, 1.54) is 0 Å². The fourth-order valence-electron chi connectivity index (χ4n) is 3.86. The van der Waals surface area contributed by atoms with E-state index in [1.807, 2.05) is 0 Å². The third-order valence-corrected chi connectivity index (χ3v) is 5.81. The number of benzene rings is 2. The Hall–Kier alpha value is -2.58. The quantitative estimate of drug-likeness (QED) is 0.472. The Morgan fingerprint density at radius 2 is 0.892 bits per heavy atom. The summed E-state index contributed by atoms with van der Waals surface area (Å²) in [5, 5.41) is 8.61. The van der Waals surface area contributed by atoms with Gasteiger partial charge in [0, 0.05) is 37.3 Å². The summed E-state index contributed by atoms with van der Waals surface area (Å²) >= 11 is 0. The van der Waals surface area contributed by atoms with Gasteiger partial charge < -0.3 is 28.7 Å². The van der Waals surface area contributed by atoms with Gasteiger partial charge in [0.25, 0.3) is 11.8 Å². The number of carbonyl (C=O) groups is 2. The molecule has 11 heteroatoms. The Morgan fingerprint density at radius 3 is 1.24 bits per heavy atom. The van der Waals surface area contributed by atoms with Gasteiger partial charge in [-0.1, -0.05) is 12.1 Å².